The van der Waals surface area contributed by atoms with Crippen LogP contribution in [0.2, 0.25) is 0 Å². The molecule has 0 saturated heterocycles. The molecule has 1 atom stereocenters. The molecule has 0 saturated carbocycles. The lowest BCUT2D eigenvalue weighted by molar-refractivity contribution is -0.123. The first-order valence-corrected chi connectivity index (χ1v) is 8.10. The molecule has 140 valence electrons. The Morgan fingerprint density at radius 3 is 2.54 bits per heavy atom. The van der Waals surface area contributed by atoms with Gasteiger partial charge in [-0.3, -0.25) is 4.79 Å². The number of rotatable bonds is 7. The van der Waals surface area contributed by atoms with Crippen LogP contribution in [0.5, 0.6) is 11.5 Å². The second-order valence-electron chi connectivity index (χ2n) is 5.52. The van der Waals surface area contributed by atoms with Crippen molar-refractivity contribution in [1.29, 1.82) is 0 Å². The lowest BCUT2D eigenvalue weighted by Gasteiger charge is -2.15. The van der Waals surface area contributed by atoms with Gasteiger partial charge in [0.15, 0.2) is 17.6 Å². The van der Waals surface area contributed by atoms with Crippen LogP contribution in [0.4, 0.5) is 5.69 Å². The van der Waals surface area contributed by atoms with Crippen LogP contribution in [0.25, 0.3) is 0 Å². The van der Waals surface area contributed by atoms with E-state index in [1.54, 1.807) is 25.1 Å². The summed E-state index contributed by atoms with van der Waals surface area (Å²) >= 11 is 0. The van der Waals surface area contributed by atoms with Crippen LogP contribution in [-0.2, 0) is 16.0 Å². The summed E-state index contributed by atoms with van der Waals surface area (Å²) in [5, 5.41) is 6.48. The number of hydrogen-bond donors (Lipinski definition) is 1. The number of benzene rings is 1. The number of aryl methyl sites for hydroxylation is 2. The van der Waals surface area contributed by atoms with Crippen LogP contribution >= 0.6 is 0 Å². The highest BCUT2D eigenvalue weighted by Crippen LogP contribution is 2.29. The van der Waals surface area contributed by atoms with Gasteiger partial charge in [-0.2, -0.15) is 0 Å². The van der Waals surface area contributed by atoms with Gasteiger partial charge in [0.05, 0.1) is 19.9 Å². The topological polar surface area (TPSA) is 99.9 Å². The number of ether oxygens (including phenoxy) is 3. The third kappa shape index (κ3) is 4.14. The monoisotopic (exact) mass is 362 g/mol. The smallest absolute Gasteiger partial charge is 0.344 e. The third-order valence-electron chi connectivity index (χ3n) is 3.78. The van der Waals surface area contributed by atoms with Gasteiger partial charge in [0.25, 0.3) is 5.91 Å². The average Bonchev–Trinajstić information content (AvgIpc) is 3.02. The van der Waals surface area contributed by atoms with Crippen molar-refractivity contribution in [2.24, 2.45) is 0 Å². The predicted octanol–water partition coefficient (Wildman–Crippen LogP) is 2.75. The summed E-state index contributed by atoms with van der Waals surface area (Å²) in [6.07, 6.45) is -0.483. The normalized spacial score (nSPS) is 11.6. The van der Waals surface area contributed by atoms with E-state index in [1.165, 1.54) is 21.1 Å². The highest BCUT2D eigenvalue weighted by molar-refractivity contribution is 5.98. The zero-order valence-corrected chi connectivity index (χ0v) is 15.4. The molecule has 0 aliphatic carbocycles. The van der Waals surface area contributed by atoms with Crippen molar-refractivity contribution in [3.63, 3.8) is 0 Å². The molecule has 1 heterocycles. The molecule has 2 aromatic rings. The molecule has 0 aliphatic heterocycles. The van der Waals surface area contributed by atoms with Crippen LogP contribution in [0, 0.1) is 6.92 Å². The van der Waals surface area contributed by atoms with E-state index in [-0.39, 0.29) is 5.56 Å². The minimum absolute atomic E-state index is 0.262. The number of methoxy groups -OCH3 is 2. The van der Waals surface area contributed by atoms with E-state index in [0.717, 1.165) is 0 Å². The lowest BCUT2D eigenvalue weighted by Crippen LogP contribution is -2.30. The van der Waals surface area contributed by atoms with Crippen molar-refractivity contribution in [3.8, 4) is 11.5 Å². The molecular weight excluding hydrogens is 340 g/mol. The number of nitrogens with zero attached hydrogens (tertiary/aromatic N) is 1. The number of amides is 1. The van der Waals surface area contributed by atoms with Gasteiger partial charge in [-0.05, 0) is 32.4 Å². The SMILES string of the molecule is CCc1noc(C)c1C(=O)O[C@@H](C)C(=O)Nc1ccc(OC)c(OC)c1. The number of carbonyl (C=O) groups is 2. The van der Waals surface area contributed by atoms with Crippen LogP contribution in [0.1, 0.15) is 35.7 Å². The van der Waals surface area contributed by atoms with Crippen molar-refractivity contribution >= 4 is 17.6 Å². The summed E-state index contributed by atoms with van der Waals surface area (Å²) in [7, 11) is 3.02. The number of carbonyl (C=O) groups excluding carboxylic acids is 2. The molecule has 1 aromatic carbocycles. The molecule has 8 heteroatoms. The van der Waals surface area contributed by atoms with Gasteiger partial charge in [-0.1, -0.05) is 12.1 Å². The Kier molecular flexibility index (Phi) is 6.21. The van der Waals surface area contributed by atoms with E-state index >= 15 is 0 Å². The Morgan fingerprint density at radius 1 is 1.23 bits per heavy atom. The van der Waals surface area contributed by atoms with E-state index in [4.69, 9.17) is 18.7 Å². The van der Waals surface area contributed by atoms with Crippen LogP contribution in [0.15, 0.2) is 22.7 Å². The number of aromatic nitrogens is 1. The maximum absolute atomic E-state index is 12.3. The Labute approximate surface area is 151 Å². The Bertz CT molecular complexity index is 799. The molecule has 2 rings (SSSR count). The zero-order chi connectivity index (χ0) is 19.3. The Balaban J connectivity index is 2.06. The first-order valence-electron chi connectivity index (χ1n) is 8.10. The van der Waals surface area contributed by atoms with Gasteiger partial charge in [-0.25, -0.2) is 4.79 Å². The van der Waals surface area contributed by atoms with Crippen molar-refractivity contribution < 1.29 is 28.3 Å². The predicted molar refractivity (Wildman–Crippen MR) is 93.7 cm³/mol. The van der Waals surface area contributed by atoms with Gasteiger partial charge in [-0.15, -0.1) is 0 Å². The standard InChI is InChI=1S/C18H22N2O6/c1-6-13-16(10(2)26-20-13)18(22)25-11(3)17(21)19-12-7-8-14(23-4)15(9-12)24-5/h7-9,11H,6H2,1-5H3,(H,19,21)/t11-/m0/s1. The van der Waals surface area contributed by atoms with Gasteiger partial charge in [0, 0.05) is 11.8 Å². The molecule has 0 aliphatic rings. The van der Waals surface area contributed by atoms with E-state index in [1.807, 2.05) is 6.92 Å². The first kappa shape index (κ1) is 19.3. The Hall–Kier alpha value is -3.03. The number of hydrogen-bond acceptors (Lipinski definition) is 7. The number of esters is 1. The van der Waals surface area contributed by atoms with E-state index in [0.29, 0.717) is 35.1 Å². The Morgan fingerprint density at radius 2 is 1.92 bits per heavy atom. The fourth-order valence-electron chi connectivity index (χ4n) is 2.35. The minimum atomic E-state index is -1.00. The fraction of sp³-hybridized carbons (Fsp3) is 0.389. The van der Waals surface area contributed by atoms with E-state index in [9.17, 15) is 9.59 Å². The molecule has 1 aromatic heterocycles. The maximum atomic E-state index is 12.3. The summed E-state index contributed by atoms with van der Waals surface area (Å²) in [6, 6.07) is 4.94. The summed E-state index contributed by atoms with van der Waals surface area (Å²) in [5.41, 5.74) is 1.25. The maximum Gasteiger partial charge on any atom is 0.344 e. The van der Waals surface area contributed by atoms with Crippen molar-refractivity contribution in [3.05, 3.63) is 35.2 Å². The molecule has 0 unspecified atom stereocenters. The van der Waals surface area contributed by atoms with Gasteiger partial charge >= 0.3 is 5.97 Å². The molecule has 26 heavy (non-hydrogen) atoms. The molecule has 1 amide bonds. The highest BCUT2D eigenvalue weighted by atomic mass is 16.5. The van der Waals surface area contributed by atoms with Crippen LogP contribution < -0.4 is 14.8 Å². The lowest BCUT2D eigenvalue weighted by atomic mass is 10.1. The zero-order valence-electron chi connectivity index (χ0n) is 15.4. The van der Waals surface area contributed by atoms with Crippen molar-refractivity contribution in [1.82, 2.24) is 5.16 Å². The number of anilines is 1. The average molecular weight is 362 g/mol. The van der Waals surface area contributed by atoms with Crippen molar-refractivity contribution in [2.75, 3.05) is 19.5 Å². The quantitative estimate of drug-likeness (QED) is 0.756. The van der Waals surface area contributed by atoms with Crippen molar-refractivity contribution in [2.45, 2.75) is 33.3 Å². The minimum Gasteiger partial charge on any atom is -0.493 e. The molecule has 0 radical (unpaired) electrons. The highest BCUT2D eigenvalue weighted by Gasteiger charge is 2.25. The molecule has 0 spiro atoms. The summed E-state index contributed by atoms with van der Waals surface area (Å²) in [4.78, 5) is 24.6. The second kappa shape index (κ2) is 8.37. The van der Waals surface area contributed by atoms with Gasteiger partial charge < -0.3 is 24.1 Å². The fourth-order valence-corrected chi connectivity index (χ4v) is 2.35. The van der Waals surface area contributed by atoms with Crippen LogP contribution in [-0.4, -0.2) is 37.4 Å². The first-order chi connectivity index (χ1) is 12.4. The summed E-state index contributed by atoms with van der Waals surface area (Å²) in [6.45, 7) is 4.96. The number of nitrogens with one attached hydrogen (secondary N) is 1. The molecule has 0 fully saturated rings. The molecule has 0 bridgehead atoms. The van der Waals surface area contributed by atoms with Gasteiger partial charge in [0.2, 0.25) is 0 Å². The second-order valence-corrected chi connectivity index (χ2v) is 5.52. The summed E-state index contributed by atoms with van der Waals surface area (Å²) < 4.78 is 20.6. The summed E-state index contributed by atoms with van der Waals surface area (Å²) in [5.74, 6) is 0.260. The molecular formula is C18H22N2O6. The third-order valence-corrected chi connectivity index (χ3v) is 3.78. The van der Waals surface area contributed by atoms with E-state index < -0.39 is 18.0 Å². The van der Waals surface area contributed by atoms with Gasteiger partial charge in [0.1, 0.15) is 11.3 Å². The van der Waals surface area contributed by atoms with E-state index in [2.05, 4.69) is 10.5 Å². The molecule has 1 N–H and O–H groups in total. The largest absolute Gasteiger partial charge is 0.493 e. The molecule has 8 nitrogen and oxygen atoms in total. The van der Waals surface area contributed by atoms with Crippen LogP contribution in [0.3, 0.4) is 0 Å².